The van der Waals surface area contributed by atoms with E-state index in [2.05, 4.69) is 10.0 Å². The van der Waals surface area contributed by atoms with Gasteiger partial charge in [-0.1, -0.05) is 5.11 Å². The molecule has 1 N–H and O–H groups in total. The molecule has 2 rings (SSSR count). The third kappa shape index (κ3) is 1.34. The second kappa shape index (κ2) is 3.50. The molecule has 2 aliphatic rings. The summed E-state index contributed by atoms with van der Waals surface area (Å²) >= 11 is 0. The van der Waals surface area contributed by atoms with Crippen LogP contribution in [0.3, 0.4) is 0 Å². The van der Waals surface area contributed by atoms with Gasteiger partial charge in [0.2, 0.25) is 0 Å². The fraction of sp³-hybridized carbons (Fsp3) is 0.889. The zero-order valence-electron chi connectivity index (χ0n) is 7.83. The van der Waals surface area contributed by atoms with Crippen LogP contribution in [0.2, 0.25) is 0 Å². The third-order valence-electron chi connectivity index (χ3n) is 3.68. The maximum absolute atomic E-state index is 10.9. The smallest absolute Gasteiger partial charge is 0.306 e. The van der Waals surface area contributed by atoms with Crippen LogP contribution in [-0.2, 0) is 4.79 Å². The first-order valence-electron chi connectivity index (χ1n) is 5.01. The summed E-state index contributed by atoms with van der Waals surface area (Å²) in [4.78, 5) is 13.7. The standard InChI is InChI=1S/C9H13N3O2/c10-12-11-8-4-3-7(9(13)14)5-1-2-6(5)8/h5-8H,1-4H2,(H,13,14). The summed E-state index contributed by atoms with van der Waals surface area (Å²) in [7, 11) is 0. The summed E-state index contributed by atoms with van der Waals surface area (Å²) in [6, 6.07) is 0.0503. The van der Waals surface area contributed by atoms with E-state index in [0.29, 0.717) is 12.3 Å². The van der Waals surface area contributed by atoms with E-state index in [1.165, 1.54) is 0 Å². The minimum absolute atomic E-state index is 0.0503. The number of carbonyl (C=O) groups is 1. The Kier molecular flexibility index (Phi) is 2.33. The molecule has 4 atom stereocenters. The number of rotatable bonds is 2. The highest BCUT2D eigenvalue weighted by Gasteiger charge is 2.47. The number of hydrogen-bond acceptors (Lipinski definition) is 2. The molecule has 0 radical (unpaired) electrons. The van der Waals surface area contributed by atoms with Gasteiger partial charge in [0.05, 0.1) is 5.92 Å². The Morgan fingerprint density at radius 3 is 2.50 bits per heavy atom. The van der Waals surface area contributed by atoms with Gasteiger partial charge in [0.1, 0.15) is 0 Å². The lowest BCUT2D eigenvalue weighted by molar-refractivity contribution is -0.149. The highest BCUT2D eigenvalue weighted by atomic mass is 16.4. The SMILES string of the molecule is [N-]=[N+]=NC1CCC(C(=O)O)C2CCC12. The van der Waals surface area contributed by atoms with Crippen LogP contribution in [0.15, 0.2) is 5.11 Å². The van der Waals surface area contributed by atoms with Crippen molar-refractivity contribution >= 4 is 5.97 Å². The number of aliphatic carboxylic acids is 1. The van der Waals surface area contributed by atoms with Gasteiger partial charge in [-0.3, -0.25) is 4.79 Å². The molecule has 0 spiro atoms. The number of hydrogen-bond donors (Lipinski definition) is 1. The van der Waals surface area contributed by atoms with Crippen LogP contribution in [0.1, 0.15) is 25.7 Å². The van der Waals surface area contributed by atoms with Crippen LogP contribution in [0.5, 0.6) is 0 Å². The molecule has 5 nitrogen and oxygen atoms in total. The average Bonchev–Trinajstić information content (AvgIpc) is 2.07. The van der Waals surface area contributed by atoms with Gasteiger partial charge in [-0.25, -0.2) is 0 Å². The van der Waals surface area contributed by atoms with E-state index in [0.717, 1.165) is 19.3 Å². The van der Waals surface area contributed by atoms with Gasteiger partial charge >= 0.3 is 5.97 Å². The fourth-order valence-corrected chi connectivity index (χ4v) is 2.82. The Labute approximate surface area is 81.7 Å². The first-order chi connectivity index (χ1) is 6.74. The molecule has 0 amide bonds. The van der Waals surface area contributed by atoms with Gasteiger partial charge in [-0.05, 0) is 43.1 Å². The zero-order chi connectivity index (χ0) is 10.1. The summed E-state index contributed by atoms with van der Waals surface area (Å²) in [6.45, 7) is 0. The maximum atomic E-state index is 10.9. The number of azide groups is 1. The lowest BCUT2D eigenvalue weighted by Crippen LogP contribution is -2.46. The molecule has 0 aromatic carbocycles. The van der Waals surface area contributed by atoms with Crippen molar-refractivity contribution in [3.63, 3.8) is 0 Å². The highest BCUT2D eigenvalue weighted by Crippen LogP contribution is 2.49. The molecule has 5 heteroatoms. The third-order valence-corrected chi connectivity index (χ3v) is 3.68. The Bertz CT molecular complexity index is 282. The molecule has 0 saturated heterocycles. The monoisotopic (exact) mass is 195 g/mol. The Balaban J connectivity index is 2.08. The zero-order valence-corrected chi connectivity index (χ0v) is 7.83. The number of carboxylic acid groups (broad SMARTS) is 1. The highest BCUT2D eigenvalue weighted by molar-refractivity contribution is 5.70. The van der Waals surface area contributed by atoms with Crippen LogP contribution in [0, 0.1) is 17.8 Å². The van der Waals surface area contributed by atoms with E-state index in [-0.39, 0.29) is 17.9 Å². The van der Waals surface area contributed by atoms with E-state index < -0.39 is 5.97 Å². The predicted molar refractivity (Wildman–Crippen MR) is 49.5 cm³/mol. The lowest BCUT2D eigenvalue weighted by Gasteiger charge is -2.47. The molecule has 0 aromatic heterocycles. The largest absolute Gasteiger partial charge is 0.481 e. The minimum atomic E-state index is -0.681. The molecule has 2 saturated carbocycles. The summed E-state index contributed by atoms with van der Waals surface area (Å²) in [5, 5.41) is 12.7. The van der Waals surface area contributed by atoms with Crippen LogP contribution in [0.25, 0.3) is 10.4 Å². The molecule has 0 aliphatic heterocycles. The summed E-state index contributed by atoms with van der Waals surface area (Å²) < 4.78 is 0. The maximum Gasteiger partial charge on any atom is 0.306 e. The van der Waals surface area contributed by atoms with Gasteiger partial charge < -0.3 is 5.11 Å². The summed E-state index contributed by atoms with van der Waals surface area (Å²) in [5.74, 6) is -0.282. The first kappa shape index (κ1) is 9.34. The van der Waals surface area contributed by atoms with Gasteiger partial charge in [0.15, 0.2) is 0 Å². The van der Waals surface area contributed by atoms with Crippen LogP contribution < -0.4 is 0 Å². The Morgan fingerprint density at radius 2 is 2.00 bits per heavy atom. The minimum Gasteiger partial charge on any atom is -0.481 e. The number of carboxylic acids is 1. The van der Waals surface area contributed by atoms with Gasteiger partial charge in [0.25, 0.3) is 0 Å². The number of nitrogens with zero attached hydrogens (tertiary/aromatic N) is 3. The van der Waals surface area contributed by atoms with Crippen molar-refractivity contribution in [3.8, 4) is 0 Å². The first-order valence-corrected chi connectivity index (χ1v) is 5.01. The number of fused-ring (bicyclic) bond motifs is 1. The van der Waals surface area contributed by atoms with E-state index in [1.54, 1.807) is 0 Å². The van der Waals surface area contributed by atoms with Crippen molar-refractivity contribution in [2.75, 3.05) is 0 Å². The van der Waals surface area contributed by atoms with Crippen molar-refractivity contribution < 1.29 is 9.90 Å². The molecular formula is C9H13N3O2. The Hall–Kier alpha value is -1.22. The van der Waals surface area contributed by atoms with Crippen molar-refractivity contribution in [1.82, 2.24) is 0 Å². The average molecular weight is 195 g/mol. The van der Waals surface area contributed by atoms with Crippen molar-refractivity contribution in [3.05, 3.63) is 10.4 Å². The topological polar surface area (TPSA) is 86.1 Å². The van der Waals surface area contributed by atoms with Gasteiger partial charge in [-0.2, -0.15) is 0 Å². The van der Waals surface area contributed by atoms with Crippen LogP contribution >= 0.6 is 0 Å². The second-order valence-electron chi connectivity index (χ2n) is 4.20. The predicted octanol–water partition coefficient (Wildman–Crippen LogP) is 2.19. The molecular weight excluding hydrogens is 182 g/mol. The van der Waals surface area contributed by atoms with Crippen molar-refractivity contribution in [2.45, 2.75) is 31.7 Å². The van der Waals surface area contributed by atoms with E-state index in [4.69, 9.17) is 10.6 Å². The molecule has 0 aromatic rings. The molecule has 2 aliphatic carbocycles. The van der Waals surface area contributed by atoms with Crippen molar-refractivity contribution in [1.29, 1.82) is 0 Å². The summed E-state index contributed by atoms with van der Waals surface area (Å²) in [6.07, 6.45) is 3.42. The van der Waals surface area contributed by atoms with Crippen molar-refractivity contribution in [2.24, 2.45) is 22.9 Å². The van der Waals surface area contributed by atoms with E-state index >= 15 is 0 Å². The molecule has 76 valence electrons. The lowest BCUT2D eigenvalue weighted by atomic mass is 9.58. The molecule has 0 bridgehead atoms. The second-order valence-corrected chi connectivity index (χ2v) is 4.20. The van der Waals surface area contributed by atoms with E-state index in [9.17, 15) is 4.79 Å². The van der Waals surface area contributed by atoms with Gasteiger partial charge in [0, 0.05) is 11.0 Å². The van der Waals surface area contributed by atoms with E-state index in [1.807, 2.05) is 0 Å². The fourth-order valence-electron chi connectivity index (χ4n) is 2.82. The normalized spacial score (nSPS) is 40.3. The van der Waals surface area contributed by atoms with Crippen LogP contribution in [0.4, 0.5) is 0 Å². The van der Waals surface area contributed by atoms with Gasteiger partial charge in [-0.15, -0.1) is 0 Å². The molecule has 0 heterocycles. The Morgan fingerprint density at radius 1 is 1.29 bits per heavy atom. The quantitative estimate of drug-likeness (QED) is 0.416. The molecule has 4 unspecified atom stereocenters. The molecule has 14 heavy (non-hydrogen) atoms. The van der Waals surface area contributed by atoms with Crippen LogP contribution in [-0.4, -0.2) is 17.1 Å². The molecule has 2 fully saturated rings. The summed E-state index contributed by atoms with van der Waals surface area (Å²) in [5.41, 5.74) is 8.36.